The van der Waals surface area contributed by atoms with E-state index in [1.807, 2.05) is 6.92 Å². The summed E-state index contributed by atoms with van der Waals surface area (Å²) >= 11 is 0. The lowest BCUT2D eigenvalue weighted by Gasteiger charge is -2.07. The quantitative estimate of drug-likeness (QED) is 0.423. The standard InChI is InChI=1S/C20H22N2O5/c1-3-12-26-20(25)16-6-10-18(11-7-16)27-13-19(24)22-21-14(2)15-4-8-17(23)9-5-15/h4-11,23H,3,12-13H2,1-2H3,(H,22,24)/b21-14+. The number of carbonyl (C=O) groups is 2. The van der Waals surface area contributed by atoms with E-state index < -0.39 is 5.91 Å². The fourth-order valence-electron chi connectivity index (χ4n) is 2.06. The van der Waals surface area contributed by atoms with Crippen molar-refractivity contribution in [1.29, 1.82) is 0 Å². The van der Waals surface area contributed by atoms with Crippen molar-refractivity contribution in [1.82, 2.24) is 5.43 Å². The van der Waals surface area contributed by atoms with Gasteiger partial charge in [0.1, 0.15) is 11.5 Å². The van der Waals surface area contributed by atoms with Crippen LogP contribution in [0.25, 0.3) is 0 Å². The smallest absolute Gasteiger partial charge is 0.338 e. The van der Waals surface area contributed by atoms with Gasteiger partial charge in [0.05, 0.1) is 17.9 Å². The van der Waals surface area contributed by atoms with E-state index in [9.17, 15) is 14.7 Å². The molecule has 142 valence electrons. The predicted molar refractivity (Wildman–Crippen MR) is 101 cm³/mol. The van der Waals surface area contributed by atoms with Crippen molar-refractivity contribution in [2.24, 2.45) is 5.10 Å². The molecule has 0 radical (unpaired) electrons. The summed E-state index contributed by atoms with van der Waals surface area (Å²) < 4.78 is 10.4. The fourth-order valence-corrected chi connectivity index (χ4v) is 2.06. The molecule has 0 aliphatic carbocycles. The Balaban J connectivity index is 1.82. The van der Waals surface area contributed by atoms with Crippen LogP contribution in [0, 0.1) is 0 Å². The molecular formula is C20H22N2O5. The molecule has 0 aliphatic rings. The van der Waals surface area contributed by atoms with Gasteiger partial charge in [0.15, 0.2) is 6.61 Å². The maximum atomic E-state index is 11.8. The topological polar surface area (TPSA) is 97.2 Å². The molecule has 0 spiro atoms. The Morgan fingerprint density at radius 3 is 2.30 bits per heavy atom. The largest absolute Gasteiger partial charge is 0.508 e. The lowest BCUT2D eigenvalue weighted by atomic mass is 10.1. The van der Waals surface area contributed by atoms with E-state index in [1.54, 1.807) is 55.5 Å². The summed E-state index contributed by atoms with van der Waals surface area (Å²) in [5, 5.41) is 13.3. The number of phenols is 1. The maximum Gasteiger partial charge on any atom is 0.338 e. The van der Waals surface area contributed by atoms with Crippen LogP contribution in [0.2, 0.25) is 0 Å². The first-order chi connectivity index (χ1) is 13.0. The van der Waals surface area contributed by atoms with Crippen LogP contribution >= 0.6 is 0 Å². The van der Waals surface area contributed by atoms with Crippen LogP contribution in [0.5, 0.6) is 11.5 Å². The number of benzene rings is 2. The molecule has 0 unspecified atom stereocenters. The van der Waals surface area contributed by atoms with Gasteiger partial charge >= 0.3 is 5.97 Å². The van der Waals surface area contributed by atoms with Crippen molar-refractivity contribution in [3.8, 4) is 11.5 Å². The summed E-state index contributed by atoms with van der Waals surface area (Å²) in [6, 6.07) is 12.8. The van der Waals surface area contributed by atoms with Crippen molar-refractivity contribution in [3.05, 3.63) is 59.7 Å². The van der Waals surface area contributed by atoms with Gasteiger partial charge in [-0.3, -0.25) is 4.79 Å². The Labute approximate surface area is 157 Å². The summed E-state index contributed by atoms with van der Waals surface area (Å²) in [5.74, 6) is -0.190. The summed E-state index contributed by atoms with van der Waals surface area (Å²) in [6.45, 7) is 3.82. The molecule has 7 heteroatoms. The minimum absolute atomic E-state index is 0.161. The second-order valence-electron chi connectivity index (χ2n) is 5.73. The van der Waals surface area contributed by atoms with Gasteiger partial charge in [0.2, 0.25) is 0 Å². The summed E-state index contributed by atoms with van der Waals surface area (Å²) in [7, 11) is 0. The number of hydrogen-bond donors (Lipinski definition) is 2. The highest BCUT2D eigenvalue weighted by molar-refractivity contribution is 5.99. The van der Waals surface area contributed by atoms with Crippen LogP contribution in [-0.4, -0.2) is 35.9 Å². The molecule has 0 saturated carbocycles. The minimum Gasteiger partial charge on any atom is -0.508 e. The molecule has 0 aliphatic heterocycles. The average Bonchev–Trinajstić information content (AvgIpc) is 2.69. The molecule has 7 nitrogen and oxygen atoms in total. The highest BCUT2D eigenvalue weighted by atomic mass is 16.5. The normalized spacial score (nSPS) is 11.0. The number of carbonyl (C=O) groups excluding carboxylic acids is 2. The number of hydrogen-bond acceptors (Lipinski definition) is 6. The Morgan fingerprint density at radius 2 is 1.67 bits per heavy atom. The average molecular weight is 370 g/mol. The van der Waals surface area contributed by atoms with Gasteiger partial charge in [0.25, 0.3) is 5.91 Å². The Morgan fingerprint density at radius 1 is 1.04 bits per heavy atom. The molecule has 0 aromatic heterocycles. The zero-order valence-corrected chi connectivity index (χ0v) is 15.3. The minimum atomic E-state index is -0.417. The molecule has 0 bridgehead atoms. The first-order valence-electron chi connectivity index (χ1n) is 8.52. The first kappa shape index (κ1) is 20.0. The number of nitrogens with one attached hydrogen (secondary N) is 1. The molecule has 0 atom stereocenters. The van der Waals surface area contributed by atoms with Gasteiger partial charge in [0, 0.05) is 0 Å². The van der Waals surface area contributed by atoms with Crippen LogP contribution in [0.4, 0.5) is 0 Å². The zero-order chi connectivity index (χ0) is 19.6. The van der Waals surface area contributed by atoms with Crippen LogP contribution in [0.3, 0.4) is 0 Å². The fraction of sp³-hybridized carbons (Fsp3) is 0.250. The van der Waals surface area contributed by atoms with E-state index in [-0.39, 0.29) is 18.3 Å². The van der Waals surface area contributed by atoms with E-state index >= 15 is 0 Å². The zero-order valence-electron chi connectivity index (χ0n) is 15.3. The van der Waals surface area contributed by atoms with Crippen LogP contribution in [0.15, 0.2) is 53.6 Å². The van der Waals surface area contributed by atoms with Crippen molar-refractivity contribution in [2.75, 3.05) is 13.2 Å². The number of esters is 1. The van der Waals surface area contributed by atoms with E-state index in [0.29, 0.717) is 23.6 Å². The number of nitrogens with zero attached hydrogens (tertiary/aromatic N) is 1. The third kappa shape index (κ3) is 6.47. The number of aromatic hydroxyl groups is 1. The van der Waals surface area contributed by atoms with Crippen molar-refractivity contribution >= 4 is 17.6 Å². The van der Waals surface area contributed by atoms with Crippen molar-refractivity contribution < 1.29 is 24.2 Å². The van der Waals surface area contributed by atoms with Crippen LogP contribution in [0.1, 0.15) is 36.2 Å². The third-order valence-corrected chi connectivity index (χ3v) is 3.53. The number of phenolic OH excluding ortho intramolecular Hbond substituents is 1. The van der Waals surface area contributed by atoms with Gasteiger partial charge in [-0.05, 0) is 67.4 Å². The summed E-state index contributed by atoms with van der Waals surface area (Å²) in [4.78, 5) is 23.6. The van der Waals surface area contributed by atoms with Gasteiger partial charge in [-0.2, -0.15) is 5.10 Å². The predicted octanol–water partition coefficient (Wildman–Crippen LogP) is 2.88. The van der Waals surface area contributed by atoms with Gasteiger partial charge in [-0.25, -0.2) is 10.2 Å². The Kier molecular flexibility index (Phi) is 7.37. The molecule has 0 fully saturated rings. The highest BCUT2D eigenvalue weighted by Gasteiger charge is 2.08. The highest BCUT2D eigenvalue weighted by Crippen LogP contribution is 2.13. The third-order valence-electron chi connectivity index (χ3n) is 3.53. The first-order valence-corrected chi connectivity index (χ1v) is 8.52. The summed E-state index contributed by atoms with van der Waals surface area (Å²) in [5.41, 5.74) is 4.20. The molecule has 0 heterocycles. The van der Waals surface area contributed by atoms with Crippen LogP contribution in [-0.2, 0) is 9.53 Å². The number of rotatable bonds is 8. The van der Waals surface area contributed by atoms with E-state index in [0.717, 1.165) is 12.0 Å². The second-order valence-corrected chi connectivity index (χ2v) is 5.73. The maximum absolute atomic E-state index is 11.8. The monoisotopic (exact) mass is 370 g/mol. The lowest BCUT2D eigenvalue weighted by molar-refractivity contribution is -0.123. The molecule has 2 aromatic carbocycles. The summed E-state index contributed by atoms with van der Waals surface area (Å²) in [6.07, 6.45) is 0.761. The Hall–Kier alpha value is -3.35. The van der Waals surface area contributed by atoms with E-state index in [2.05, 4.69) is 10.5 Å². The van der Waals surface area contributed by atoms with Crippen LogP contribution < -0.4 is 10.2 Å². The molecule has 2 aromatic rings. The van der Waals surface area contributed by atoms with E-state index in [1.165, 1.54) is 0 Å². The van der Waals surface area contributed by atoms with Crippen molar-refractivity contribution in [2.45, 2.75) is 20.3 Å². The van der Waals surface area contributed by atoms with Gasteiger partial charge < -0.3 is 14.6 Å². The van der Waals surface area contributed by atoms with Gasteiger partial charge in [-0.1, -0.05) is 6.92 Å². The number of ether oxygens (including phenoxy) is 2. The molecule has 0 saturated heterocycles. The second kappa shape index (κ2) is 9.96. The molecular weight excluding hydrogens is 348 g/mol. The molecule has 27 heavy (non-hydrogen) atoms. The van der Waals surface area contributed by atoms with Crippen molar-refractivity contribution in [3.63, 3.8) is 0 Å². The van der Waals surface area contributed by atoms with Gasteiger partial charge in [-0.15, -0.1) is 0 Å². The Bertz CT molecular complexity index is 798. The number of hydrazone groups is 1. The molecule has 1 amide bonds. The molecule has 2 N–H and O–H groups in total. The number of amides is 1. The molecule has 2 rings (SSSR count). The SMILES string of the molecule is CCCOC(=O)c1ccc(OCC(=O)N/N=C(\C)c2ccc(O)cc2)cc1. The lowest BCUT2D eigenvalue weighted by Crippen LogP contribution is -2.25. The van der Waals surface area contributed by atoms with E-state index in [4.69, 9.17) is 9.47 Å².